The minimum atomic E-state index is -0.155. The molecule has 17 heavy (non-hydrogen) atoms. The van der Waals surface area contributed by atoms with Crippen molar-refractivity contribution < 1.29 is 4.39 Å². The fraction of sp³-hybridized carbons (Fsp3) is 0.600. The summed E-state index contributed by atoms with van der Waals surface area (Å²) in [7, 11) is 0. The number of rotatable bonds is 3. The Morgan fingerprint density at radius 3 is 2.65 bits per heavy atom. The van der Waals surface area contributed by atoms with Crippen LogP contribution in [0.5, 0.6) is 0 Å². The van der Waals surface area contributed by atoms with E-state index in [2.05, 4.69) is 0 Å². The molecule has 0 bridgehead atoms. The molecule has 0 saturated heterocycles. The maximum atomic E-state index is 13.0. The van der Waals surface area contributed by atoms with E-state index in [4.69, 9.17) is 5.73 Å². The summed E-state index contributed by atoms with van der Waals surface area (Å²) < 4.78 is 13.0. The topological polar surface area (TPSA) is 26.0 Å². The SMILES string of the molecule is Cc1cc(F)ccc1CC(N)C1CCCCC1. The molecule has 1 aromatic carbocycles. The minimum absolute atomic E-state index is 0.155. The smallest absolute Gasteiger partial charge is 0.123 e. The summed E-state index contributed by atoms with van der Waals surface area (Å²) in [6, 6.07) is 5.26. The molecule has 0 spiro atoms. The Labute approximate surface area is 103 Å². The first kappa shape index (κ1) is 12.6. The predicted molar refractivity (Wildman–Crippen MR) is 69.4 cm³/mol. The van der Waals surface area contributed by atoms with Crippen LogP contribution in [0.3, 0.4) is 0 Å². The molecule has 1 unspecified atom stereocenters. The summed E-state index contributed by atoms with van der Waals surface area (Å²) in [4.78, 5) is 0. The Morgan fingerprint density at radius 2 is 2.00 bits per heavy atom. The molecule has 2 heteroatoms. The molecule has 1 aliphatic carbocycles. The van der Waals surface area contributed by atoms with Gasteiger partial charge in [0, 0.05) is 6.04 Å². The molecule has 1 saturated carbocycles. The highest BCUT2D eigenvalue weighted by Gasteiger charge is 2.21. The van der Waals surface area contributed by atoms with Crippen LogP contribution in [0, 0.1) is 18.7 Å². The van der Waals surface area contributed by atoms with Crippen LogP contribution >= 0.6 is 0 Å². The van der Waals surface area contributed by atoms with Gasteiger partial charge in [0.05, 0.1) is 0 Å². The molecule has 1 aromatic rings. The molecule has 2 rings (SSSR count). The van der Waals surface area contributed by atoms with Crippen molar-refractivity contribution in [2.45, 2.75) is 51.5 Å². The van der Waals surface area contributed by atoms with E-state index in [0.717, 1.165) is 12.0 Å². The molecule has 1 fully saturated rings. The molecular formula is C15H22FN. The highest BCUT2D eigenvalue weighted by Crippen LogP contribution is 2.27. The van der Waals surface area contributed by atoms with Crippen LogP contribution in [0.1, 0.15) is 43.2 Å². The normalized spacial score (nSPS) is 19.2. The third-order valence-electron chi connectivity index (χ3n) is 4.02. The van der Waals surface area contributed by atoms with Crippen LogP contribution in [0.2, 0.25) is 0 Å². The molecule has 0 heterocycles. The fourth-order valence-electron chi connectivity index (χ4n) is 2.87. The third-order valence-corrected chi connectivity index (χ3v) is 4.02. The van der Waals surface area contributed by atoms with Gasteiger partial charge in [0.2, 0.25) is 0 Å². The quantitative estimate of drug-likeness (QED) is 0.851. The molecule has 2 N–H and O–H groups in total. The van der Waals surface area contributed by atoms with Gasteiger partial charge in [0.1, 0.15) is 5.82 Å². The standard InChI is InChI=1S/C15H22FN/c1-11-9-14(16)8-7-13(11)10-15(17)12-5-3-2-4-6-12/h7-9,12,15H,2-6,10,17H2,1H3. The van der Waals surface area contributed by atoms with E-state index in [0.29, 0.717) is 5.92 Å². The zero-order valence-corrected chi connectivity index (χ0v) is 10.6. The van der Waals surface area contributed by atoms with Crippen molar-refractivity contribution in [3.05, 3.63) is 35.1 Å². The number of nitrogens with two attached hydrogens (primary N) is 1. The molecule has 0 aromatic heterocycles. The van der Waals surface area contributed by atoms with Crippen molar-refractivity contribution in [2.75, 3.05) is 0 Å². The summed E-state index contributed by atoms with van der Waals surface area (Å²) in [6.45, 7) is 1.96. The van der Waals surface area contributed by atoms with E-state index in [9.17, 15) is 4.39 Å². The van der Waals surface area contributed by atoms with E-state index in [1.54, 1.807) is 6.07 Å². The monoisotopic (exact) mass is 235 g/mol. The first-order valence-corrected chi connectivity index (χ1v) is 6.67. The molecule has 94 valence electrons. The maximum Gasteiger partial charge on any atom is 0.123 e. The lowest BCUT2D eigenvalue weighted by Crippen LogP contribution is -2.33. The van der Waals surface area contributed by atoms with Crippen molar-refractivity contribution in [2.24, 2.45) is 11.7 Å². The number of hydrogen-bond donors (Lipinski definition) is 1. The van der Waals surface area contributed by atoms with Gasteiger partial charge in [-0.15, -0.1) is 0 Å². The lowest BCUT2D eigenvalue weighted by atomic mass is 9.81. The summed E-state index contributed by atoms with van der Waals surface area (Å²) in [6.07, 6.45) is 7.42. The Balaban J connectivity index is 1.99. The Bertz CT molecular complexity index is 369. The van der Waals surface area contributed by atoms with Gasteiger partial charge >= 0.3 is 0 Å². The first-order chi connectivity index (χ1) is 8.16. The van der Waals surface area contributed by atoms with Crippen molar-refractivity contribution in [3.63, 3.8) is 0 Å². The van der Waals surface area contributed by atoms with Crippen molar-refractivity contribution in [1.29, 1.82) is 0 Å². The van der Waals surface area contributed by atoms with Gasteiger partial charge in [-0.3, -0.25) is 0 Å². The third kappa shape index (κ3) is 3.29. The zero-order valence-electron chi connectivity index (χ0n) is 10.6. The highest BCUT2D eigenvalue weighted by atomic mass is 19.1. The van der Waals surface area contributed by atoms with Crippen molar-refractivity contribution in [3.8, 4) is 0 Å². The van der Waals surface area contributed by atoms with Crippen LogP contribution in [-0.2, 0) is 6.42 Å². The molecular weight excluding hydrogens is 213 g/mol. The summed E-state index contributed by atoms with van der Waals surface area (Å²) >= 11 is 0. The Morgan fingerprint density at radius 1 is 1.29 bits per heavy atom. The van der Waals surface area contributed by atoms with Crippen LogP contribution < -0.4 is 5.73 Å². The lowest BCUT2D eigenvalue weighted by Gasteiger charge is -2.27. The maximum absolute atomic E-state index is 13.0. The minimum Gasteiger partial charge on any atom is -0.327 e. The van der Waals surface area contributed by atoms with E-state index < -0.39 is 0 Å². The predicted octanol–water partition coefficient (Wildman–Crippen LogP) is 3.58. The van der Waals surface area contributed by atoms with Gasteiger partial charge in [-0.25, -0.2) is 4.39 Å². The van der Waals surface area contributed by atoms with Gasteiger partial charge < -0.3 is 5.73 Å². The Hall–Kier alpha value is -0.890. The van der Waals surface area contributed by atoms with E-state index in [1.165, 1.54) is 43.7 Å². The van der Waals surface area contributed by atoms with Gasteiger partial charge in [-0.2, -0.15) is 0 Å². The number of aryl methyl sites for hydroxylation is 1. The zero-order chi connectivity index (χ0) is 12.3. The number of halogens is 1. The first-order valence-electron chi connectivity index (χ1n) is 6.67. The highest BCUT2D eigenvalue weighted by molar-refractivity contribution is 5.27. The van der Waals surface area contributed by atoms with Gasteiger partial charge in [-0.05, 0) is 55.4 Å². The van der Waals surface area contributed by atoms with Crippen LogP contribution in [0.4, 0.5) is 4.39 Å². The largest absolute Gasteiger partial charge is 0.327 e. The second-order valence-electron chi connectivity index (χ2n) is 5.34. The molecule has 1 atom stereocenters. The van der Waals surface area contributed by atoms with Crippen LogP contribution in [-0.4, -0.2) is 6.04 Å². The molecule has 0 aliphatic heterocycles. The molecule has 1 aliphatic rings. The summed E-state index contributed by atoms with van der Waals surface area (Å²) in [5.41, 5.74) is 8.52. The van der Waals surface area contributed by atoms with E-state index >= 15 is 0 Å². The Kier molecular flexibility index (Phi) is 4.16. The number of benzene rings is 1. The summed E-state index contributed by atoms with van der Waals surface area (Å²) in [5, 5.41) is 0. The molecule has 1 nitrogen and oxygen atoms in total. The van der Waals surface area contributed by atoms with Gasteiger partial charge in [-0.1, -0.05) is 25.3 Å². The second kappa shape index (κ2) is 5.63. The van der Waals surface area contributed by atoms with Crippen LogP contribution in [0.15, 0.2) is 18.2 Å². The molecule has 0 radical (unpaired) electrons. The lowest BCUT2D eigenvalue weighted by molar-refractivity contribution is 0.303. The van der Waals surface area contributed by atoms with Crippen LogP contribution in [0.25, 0.3) is 0 Å². The molecule has 0 amide bonds. The second-order valence-corrected chi connectivity index (χ2v) is 5.34. The van der Waals surface area contributed by atoms with Crippen molar-refractivity contribution >= 4 is 0 Å². The van der Waals surface area contributed by atoms with E-state index in [1.807, 2.05) is 13.0 Å². The van der Waals surface area contributed by atoms with Gasteiger partial charge in [0.15, 0.2) is 0 Å². The van der Waals surface area contributed by atoms with E-state index in [-0.39, 0.29) is 11.9 Å². The van der Waals surface area contributed by atoms with Gasteiger partial charge in [0.25, 0.3) is 0 Å². The average Bonchev–Trinajstić information content (AvgIpc) is 2.34. The summed E-state index contributed by atoms with van der Waals surface area (Å²) in [5.74, 6) is 0.505. The number of hydrogen-bond acceptors (Lipinski definition) is 1. The average molecular weight is 235 g/mol. The fourth-order valence-corrected chi connectivity index (χ4v) is 2.87. The van der Waals surface area contributed by atoms with Crippen molar-refractivity contribution in [1.82, 2.24) is 0 Å².